The van der Waals surface area contributed by atoms with Gasteiger partial charge in [-0.25, -0.2) is 0 Å². The van der Waals surface area contributed by atoms with Crippen LogP contribution in [-0.2, 0) is 6.54 Å². The first-order chi connectivity index (χ1) is 9.81. The van der Waals surface area contributed by atoms with Crippen LogP contribution < -0.4 is 10.2 Å². The first kappa shape index (κ1) is 13.3. The average molecular weight is 270 g/mol. The quantitative estimate of drug-likeness (QED) is 0.904. The van der Waals surface area contributed by atoms with Gasteiger partial charge in [0.2, 0.25) is 0 Å². The van der Waals surface area contributed by atoms with Crippen molar-refractivity contribution in [3.63, 3.8) is 0 Å². The first-order valence-electron chi connectivity index (χ1n) is 7.37. The Morgan fingerprint density at radius 2 is 2.05 bits per heavy atom. The minimum Gasteiger partial charge on any atom is -0.465 e. The third-order valence-corrected chi connectivity index (χ3v) is 3.94. The monoisotopic (exact) mass is 270 g/mol. The number of nitrogens with zero attached hydrogens (tertiary/aromatic N) is 1. The molecule has 1 aromatic carbocycles. The van der Waals surface area contributed by atoms with E-state index in [1.165, 1.54) is 12.1 Å². The Hall–Kier alpha value is -1.74. The highest BCUT2D eigenvalue weighted by Crippen LogP contribution is 2.23. The second-order valence-corrected chi connectivity index (χ2v) is 5.58. The van der Waals surface area contributed by atoms with Gasteiger partial charge in [-0.1, -0.05) is 18.2 Å². The van der Waals surface area contributed by atoms with Crippen LogP contribution in [0.25, 0.3) is 0 Å². The Balaban J connectivity index is 1.44. The lowest BCUT2D eigenvalue weighted by Gasteiger charge is -2.18. The molecule has 1 atom stereocenters. The molecule has 1 fully saturated rings. The largest absolute Gasteiger partial charge is 0.465 e. The van der Waals surface area contributed by atoms with Gasteiger partial charge in [-0.15, -0.1) is 0 Å². The number of rotatable bonds is 5. The van der Waals surface area contributed by atoms with Crippen LogP contribution in [0.1, 0.15) is 17.9 Å². The minimum absolute atomic E-state index is 0.728. The molecule has 20 heavy (non-hydrogen) atoms. The van der Waals surface area contributed by atoms with Crippen molar-refractivity contribution in [2.75, 3.05) is 24.5 Å². The second-order valence-electron chi connectivity index (χ2n) is 5.58. The molecule has 3 heteroatoms. The fourth-order valence-electron chi connectivity index (χ4n) is 2.85. The molecule has 3 nitrogen and oxygen atoms in total. The van der Waals surface area contributed by atoms with Gasteiger partial charge in [0, 0.05) is 25.3 Å². The molecule has 1 unspecified atom stereocenters. The summed E-state index contributed by atoms with van der Waals surface area (Å²) in [5, 5.41) is 3.51. The summed E-state index contributed by atoms with van der Waals surface area (Å²) in [6.45, 7) is 6.18. The molecule has 0 bridgehead atoms. The van der Waals surface area contributed by atoms with Gasteiger partial charge < -0.3 is 14.6 Å². The highest BCUT2D eigenvalue weighted by Gasteiger charge is 2.22. The van der Waals surface area contributed by atoms with Crippen molar-refractivity contribution in [3.05, 3.63) is 54.0 Å². The average Bonchev–Trinajstić information content (AvgIpc) is 3.09. The van der Waals surface area contributed by atoms with E-state index in [4.69, 9.17) is 4.42 Å². The SMILES string of the molecule is Cc1ccc(CNCC2CCN(c3ccccc3)C2)o1. The van der Waals surface area contributed by atoms with E-state index in [-0.39, 0.29) is 0 Å². The lowest BCUT2D eigenvalue weighted by Crippen LogP contribution is -2.26. The fraction of sp³-hybridized carbons (Fsp3) is 0.412. The topological polar surface area (TPSA) is 28.4 Å². The maximum absolute atomic E-state index is 5.57. The number of anilines is 1. The van der Waals surface area contributed by atoms with Gasteiger partial charge in [-0.2, -0.15) is 0 Å². The zero-order chi connectivity index (χ0) is 13.8. The summed E-state index contributed by atoms with van der Waals surface area (Å²) < 4.78 is 5.57. The van der Waals surface area contributed by atoms with Gasteiger partial charge in [-0.3, -0.25) is 0 Å². The smallest absolute Gasteiger partial charge is 0.117 e. The van der Waals surface area contributed by atoms with Gasteiger partial charge in [0.25, 0.3) is 0 Å². The molecule has 2 aromatic rings. The number of hydrogen-bond acceptors (Lipinski definition) is 3. The van der Waals surface area contributed by atoms with E-state index in [1.807, 2.05) is 19.1 Å². The van der Waals surface area contributed by atoms with Crippen LogP contribution >= 0.6 is 0 Å². The van der Waals surface area contributed by atoms with Crippen LogP contribution in [0.4, 0.5) is 5.69 Å². The molecule has 0 radical (unpaired) electrons. The van der Waals surface area contributed by atoms with Crippen LogP contribution in [0.3, 0.4) is 0 Å². The van der Waals surface area contributed by atoms with E-state index in [1.54, 1.807) is 0 Å². The number of hydrogen-bond donors (Lipinski definition) is 1. The Morgan fingerprint density at radius 3 is 2.80 bits per heavy atom. The predicted octanol–water partition coefficient (Wildman–Crippen LogP) is 3.20. The van der Waals surface area contributed by atoms with Crippen molar-refractivity contribution < 1.29 is 4.42 Å². The molecule has 1 aliphatic heterocycles. The summed E-state index contributed by atoms with van der Waals surface area (Å²) in [6, 6.07) is 14.8. The van der Waals surface area contributed by atoms with E-state index in [0.717, 1.165) is 43.6 Å². The van der Waals surface area contributed by atoms with Crippen LogP contribution in [0.2, 0.25) is 0 Å². The number of aryl methyl sites for hydroxylation is 1. The van der Waals surface area contributed by atoms with Crippen molar-refractivity contribution >= 4 is 5.69 Å². The minimum atomic E-state index is 0.728. The molecule has 2 heterocycles. The third-order valence-electron chi connectivity index (χ3n) is 3.94. The molecule has 106 valence electrons. The van der Waals surface area contributed by atoms with Gasteiger partial charge in [-0.05, 0) is 43.5 Å². The van der Waals surface area contributed by atoms with E-state index in [9.17, 15) is 0 Å². The third kappa shape index (κ3) is 3.23. The molecule has 1 N–H and O–H groups in total. The summed E-state index contributed by atoms with van der Waals surface area (Å²) in [5.74, 6) is 2.74. The number of benzene rings is 1. The lowest BCUT2D eigenvalue weighted by atomic mass is 10.1. The normalized spacial score (nSPS) is 18.6. The molecule has 0 spiro atoms. The van der Waals surface area contributed by atoms with Crippen LogP contribution in [0, 0.1) is 12.8 Å². The Kier molecular flexibility index (Phi) is 4.07. The molecule has 3 rings (SSSR count). The molecule has 1 saturated heterocycles. The number of para-hydroxylation sites is 1. The zero-order valence-corrected chi connectivity index (χ0v) is 12.0. The molecule has 0 aliphatic carbocycles. The zero-order valence-electron chi connectivity index (χ0n) is 12.0. The lowest BCUT2D eigenvalue weighted by molar-refractivity contribution is 0.441. The number of nitrogens with one attached hydrogen (secondary N) is 1. The first-order valence-corrected chi connectivity index (χ1v) is 7.37. The maximum atomic E-state index is 5.57. The van der Waals surface area contributed by atoms with E-state index >= 15 is 0 Å². The molecular weight excluding hydrogens is 248 g/mol. The maximum Gasteiger partial charge on any atom is 0.117 e. The molecule has 0 amide bonds. The summed E-state index contributed by atoms with van der Waals surface area (Å²) in [6.07, 6.45) is 1.26. The summed E-state index contributed by atoms with van der Waals surface area (Å²) in [5.41, 5.74) is 1.34. The second kappa shape index (κ2) is 6.14. The predicted molar refractivity (Wildman–Crippen MR) is 81.9 cm³/mol. The van der Waals surface area contributed by atoms with Crippen molar-refractivity contribution in [2.45, 2.75) is 19.9 Å². The highest BCUT2D eigenvalue weighted by molar-refractivity contribution is 5.46. The van der Waals surface area contributed by atoms with Gasteiger partial charge in [0.1, 0.15) is 11.5 Å². The van der Waals surface area contributed by atoms with E-state index in [0.29, 0.717) is 0 Å². The van der Waals surface area contributed by atoms with Crippen molar-refractivity contribution in [1.82, 2.24) is 5.32 Å². The molecular formula is C17H22N2O. The van der Waals surface area contributed by atoms with Crippen molar-refractivity contribution in [1.29, 1.82) is 0 Å². The van der Waals surface area contributed by atoms with Crippen LogP contribution in [0.15, 0.2) is 46.9 Å². The van der Waals surface area contributed by atoms with Gasteiger partial charge >= 0.3 is 0 Å². The van der Waals surface area contributed by atoms with E-state index in [2.05, 4.69) is 40.5 Å². The summed E-state index contributed by atoms with van der Waals surface area (Å²) in [7, 11) is 0. The van der Waals surface area contributed by atoms with E-state index < -0.39 is 0 Å². The van der Waals surface area contributed by atoms with Crippen LogP contribution in [-0.4, -0.2) is 19.6 Å². The molecule has 1 aliphatic rings. The number of furan rings is 1. The molecule has 1 aromatic heterocycles. The standard InChI is InChI=1S/C17H22N2O/c1-14-7-8-17(20-14)12-18-11-15-9-10-19(13-15)16-5-3-2-4-6-16/h2-8,15,18H,9-13H2,1H3. The Labute approximate surface area is 120 Å². The van der Waals surface area contributed by atoms with Gasteiger partial charge in [0.05, 0.1) is 6.54 Å². The van der Waals surface area contributed by atoms with Crippen LogP contribution in [0.5, 0.6) is 0 Å². The fourth-order valence-corrected chi connectivity index (χ4v) is 2.85. The summed E-state index contributed by atoms with van der Waals surface area (Å²) in [4.78, 5) is 2.48. The molecule has 0 saturated carbocycles. The Bertz CT molecular complexity index is 535. The Morgan fingerprint density at radius 1 is 1.20 bits per heavy atom. The van der Waals surface area contributed by atoms with Gasteiger partial charge in [0.15, 0.2) is 0 Å². The summed E-state index contributed by atoms with van der Waals surface area (Å²) >= 11 is 0. The van der Waals surface area contributed by atoms with Crippen molar-refractivity contribution in [2.24, 2.45) is 5.92 Å². The van der Waals surface area contributed by atoms with Crippen molar-refractivity contribution in [3.8, 4) is 0 Å². The highest BCUT2D eigenvalue weighted by atomic mass is 16.3.